The van der Waals surface area contributed by atoms with E-state index in [1.54, 1.807) is 18.2 Å². The van der Waals surface area contributed by atoms with Crippen molar-refractivity contribution in [3.05, 3.63) is 64.2 Å². The Morgan fingerprint density at radius 2 is 1.84 bits per heavy atom. The summed E-state index contributed by atoms with van der Waals surface area (Å²) >= 11 is 12.7. The van der Waals surface area contributed by atoms with Crippen molar-refractivity contribution >= 4 is 34.8 Å². The molecule has 3 rings (SSSR count). The molecule has 2 nitrogen and oxygen atoms in total. The molecule has 2 aromatic rings. The van der Waals surface area contributed by atoms with Crippen molar-refractivity contribution in [3.8, 4) is 0 Å². The molecule has 1 aliphatic heterocycles. The Morgan fingerprint density at radius 1 is 1.11 bits per heavy atom. The molecule has 1 N–H and O–H groups in total. The third-order valence-electron chi connectivity index (χ3n) is 3.43. The van der Waals surface area contributed by atoms with Crippen molar-refractivity contribution in [3.63, 3.8) is 0 Å². The fraction of sp³-hybridized carbons (Fsp3) is 0.133. The number of alkyl halides is 1. The predicted octanol–water partition coefficient (Wildman–Crippen LogP) is 4.08. The Kier molecular flexibility index (Phi) is 2.80. The minimum Gasteiger partial charge on any atom is -0.324 e. The summed E-state index contributed by atoms with van der Waals surface area (Å²) in [5.41, 5.74) is 3.18. The van der Waals surface area contributed by atoms with E-state index in [4.69, 9.17) is 23.2 Å². The van der Waals surface area contributed by atoms with Crippen molar-refractivity contribution < 1.29 is 4.79 Å². The molecule has 4 heteroatoms. The van der Waals surface area contributed by atoms with Crippen LogP contribution in [0.3, 0.4) is 0 Å². The number of amides is 1. The first-order valence-electron chi connectivity index (χ1n) is 5.90. The number of halogens is 2. The number of aryl methyl sites for hydroxylation is 1. The third kappa shape index (κ3) is 1.75. The Bertz CT molecular complexity index is 684. The van der Waals surface area contributed by atoms with E-state index in [9.17, 15) is 4.79 Å². The van der Waals surface area contributed by atoms with Crippen molar-refractivity contribution in [2.45, 2.75) is 11.8 Å². The Balaban J connectivity index is 2.28. The molecule has 1 atom stereocenters. The lowest BCUT2D eigenvalue weighted by Crippen LogP contribution is -2.30. The van der Waals surface area contributed by atoms with E-state index < -0.39 is 4.87 Å². The maximum atomic E-state index is 12.3. The summed E-state index contributed by atoms with van der Waals surface area (Å²) in [5.74, 6) is -0.235. The zero-order valence-electron chi connectivity index (χ0n) is 10.2. The lowest BCUT2D eigenvalue weighted by molar-refractivity contribution is -0.117. The molecule has 0 fully saturated rings. The topological polar surface area (TPSA) is 29.1 Å². The Labute approximate surface area is 121 Å². The maximum absolute atomic E-state index is 12.3. The van der Waals surface area contributed by atoms with Gasteiger partial charge in [0, 0.05) is 16.3 Å². The number of carbonyl (C=O) groups excluding carboxylic acids is 1. The number of fused-ring (bicyclic) bond motifs is 1. The summed E-state index contributed by atoms with van der Waals surface area (Å²) in [4.78, 5) is 11.1. The number of hydrogen-bond donors (Lipinski definition) is 1. The predicted molar refractivity (Wildman–Crippen MR) is 77.9 cm³/mol. The number of hydrogen-bond acceptors (Lipinski definition) is 1. The van der Waals surface area contributed by atoms with Crippen molar-refractivity contribution in [2.24, 2.45) is 0 Å². The quantitative estimate of drug-likeness (QED) is 0.788. The summed E-state index contributed by atoms with van der Waals surface area (Å²) in [7, 11) is 0. The minimum absolute atomic E-state index is 0.235. The molecule has 1 amide bonds. The van der Waals surface area contributed by atoms with Crippen LogP contribution in [0.25, 0.3) is 0 Å². The van der Waals surface area contributed by atoms with Gasteiger partial charge in [-0.1, -0.05) is 47.5 Å². The van der Waals surface area contributed by atoms with Gasteiger partial charge in [0.15, 0.2) is 4.87 Å². The fourth-order valence-corrected chi connectivity index (χ4v) is 3.06. The molecule has 96 valence electrons. The van der Waals surface area contributed by atoms with E-state index in [1.807, 2.05) is 31.2 Å². The second kappa shape index (κ2) is 4.26. The first-order chi connectivity index (χ1) is 9.03. The van der Waals surface area contributed by atoms with Crippen LogP contribution >= 0.6 is 23.2 Å². The van der Waals surface area contributed by atoms with Gasteiger partial charge in [0.25, 0.3) is 5.91 Å². The molecule has 0 aliphatic carbocycles. The van der Waals surface area contributed by atoms with Gasteiger partial charge >= 0.3 is 0 Å². The lowest BCUT2D eigenvalue weighted by Gasteiger charge is -2.22. The number of anilines is 1. The zero-order valence-corrected chi connectivity index (χ0v) is 11.7. The molecule has 0 saturated carbocycles. The first-order valence-corrected chi connectivity index (χ1v) is 6.65. The highest BCUT2D eigenvalue weighted by Gasteiger charge is 2.47. The van der Waals surface area contributed by atoms with Gasteiger partial charge < -0.3 is 5.32 Å². The number of carbonyl (C=O) groups is 1. The lowest BCUT2D eigenvalue weighted by atomic mass is 9.88. The smallest absolute Gasteiger partial charge is 0.254 e. The minimum atomic E-state index is -1.20. The van der Waals surface area contributed by atoms with Crippen LogP contribution in [-0.2, 0) is 9.67 Å². The summed E-state index contributed by atoms with van der Waals surface area (Å²) in [5, 5.41) is 3.38. The third-order valence-corrected chi connectivity index (χ3v) is 4.24. The molecular weight excluding hydrogens is 281 g/mol. The molecule has 2 aromatic carbocycles. The van der Waals surface area contributed by atoms with Crippen molar-refractivity contribution in [1.29, 1.82) is 0 Å². The maximum Gasteiger partial charge on any atom is 0.254 e. The zero-order chi connectivity index (χ0) is 13.6. The first kappa shape index (κ1) is 12.5. The largest absolute Gasteiger partial charge is 0.324 e. The SMILES string of the molecule is Cc1ccccc1C1(Cl)C(=O)Nc2ccc(Cl)cc21. The molecule has 1 unspecified atom stereocenters. The van der Waals surface area contributed by atoms with Gasteiger partial charge in [-0.05, 0) is 36.2 Å². The van der Waals surface area contributed by atoms with Crippen LogP contribution in [-0.4, -0.2) is 5.91 Å². The summed E-state index contributed by atoms with van der Waals surface area (Å²) in [6.45, 7) is 1.94. The van der Waals surface area contributed by atoms with Crippen molar-refractivity contribution in [1.82, 2.24) is 0 Å². The highest BCUT2D eigenvalue weighted by Crippen LogP contribution is 2.47. The summed E-state index contributed by atoms with van der Waals surface area (Å²) in [6.07, 6.45) is 0. The second-order valence-electron chi connectivity index (χ2n) is 4.62. The molecule has 0 radical (unpaired) electrons. The van der Waals surface area contributed by atoms with Gasteiger partial charge in [-0.3, -0.25) is 4.79 Å². The highest BCUT2D eigenvalue weighted by molar-refractivity contribution is 6.41. The molecular formula is C15H11Cl2NO. The van der Waals surface area contributed by atoms with Crippen LogP contribution in [0.1, 0.15) is 16.7 Å². The van der Waals surface area contributed by atoms with E-state index >= 15 is 0 Å². The van der Waals surface area contributed by atoms with Crippen LogP contribution < -0.4 is 5.32 Å². The Morgan fingerprint density at radius 3 is 2.58 bits per heavy atom. The van der Waals surface area contributed by atoms with E-state index in [0.29, 0.717) is 16.3 Å². The summed E-state index contributed by atoms with van der Waals surface area (Å²) in [6, 6.07) is 12.9. The molecule has 1 aliphatic rings. The van der Waals surface area contributed by atoms with Crippen molar-refractivity contribution in [2.75, 3.05) is 5.32 Å². The van der Waals surface area contributed by atoms with Gasteiger partial charge in [-0.2, -0.15) is 0 Å². The van der Waals surface area contributed by atoms with E-state index in [2.05, 4.69) is 5.32 Å². The van der Waals surface area contributed by atoms with Crippen LogP contribution in [0.4, 0.5) is 5.69 Å². The standard InChI is InChI=1S/C15H11Cl2NO/c1-9-4-2-3-5-11(9)15(17)12-8-10(16)6-7-13(12)18-14(15)19/h2-8H,1H3,(H,18,19). The van der Waals surface area contributed by atoms with Crippen LogP contribution in [0, 0.1) is 6.92 Å². The fourth-order valence-electron chi connectivity index (χ4n) is 2.47. The molecule has 0 bridgehead atoms. The molecule has 1 heterocycles. The highest BCUT2D eigenvalue weighted by atomic mass is 35.5. The van der Waals surface area contributed by atoms with E-state index in [1.165, 1.54) is 0 Å². The van der Waals surface area contributed by atoms with Gasteiger partial charge in [0.1, 0.15) is 0 Å². The van der Waals surface area contributed by atoms with Crippen LogP contribution in [0.2, 0.25) is 5.02 Å². The van der Waals surface area contributed by atoms with Gasteiger partial charge in [-0.15, -0.1) is 0 Å². The normalized spacial score (nSPS) is 21.1. The average Bonchev–Trinajstić information content (AvgIpc) is 2.64. The number of benzene rings is 2. The van der Waals surface area contributed by atoms with Crippen LogP contribution in [0.15, 0.2) is 42.5 Å². The molecule has 0 spiro atoms. The van der Waals surface area contributed by atoms with Gasteiger partial charge in [0.05, 0.1) is 0 Å². The van der Waals surface area contributed by atoms with Crippen LogP contribution in [0.5, 0.6) is 0 Å². The van der Waals surface area contributed by atoms with Gasteiger partial charge in [0.2, 0.25) is 0 Å². The summed E-state index contributed by atoms with van der Waals surface area (Å²) < 4.78 is 0. The Hall–Kier alpha value is -1.51. The van der Waals surface area contributed by atoms with E-state index in [-0.39, 0.29) is 5.91 Å². The molecule has 19 heavy (non-hydrogen) atoms. The number of rotatable bonds is 1. The number of nitrogens with one attached hydrogen (secondary N) is 1. The average molecular weight is 292 g/mol. The van der Waals surface area contributed by atoms with Gasteiger partial charge in [-0.25, -0.2) is 0 Å². The molecule has 0 saturated heterocycles. The van der Waals surface area contributed by atoms with E-state index in [0.717, 1.165) is 11.1 Å². The second-order valence-corrected chi connectivity index (χ2v) is 5.62. The monoisotopic (exact) mass is 291 g/mol. The molecule has 0 aromatic heterocycles.